The lowest BCUT2D eigenvalue weighted by atomic mass is 9.93. The zero-order chi connectivity index (χ0) is 21.7. The highest BCUT2D eigenvalue weighted by Gasteiger charge is 2.30. The minimum Gasteiger partial charge on any atom is -0.455 e. The van der Waals surface area contributed by atoms with Crippen molar-refractivity contribution < 1.29 is 18.4 Å². The van der Waals surface area contributed by atoms with E-state index in [1.807, 2.05) is 12.1 Å². The Morgan fingerprint density at radius 2 is 1.93 bits per heavy atom. The maximum absolute atomic E-state index is 13.8. The van der Waals surface area contributed by atoms with E-state index < -0.39 is 17.6 Å². The Morgan fingerprint density at radius 3 is 2.60 bits per heavy atom. The number of nitrogens with zero attached hydrogens (tertiary/aromatic N) is 4. The molecule has 9 heteroatoms. The highest BCUT2D eigenvalue weighted by molar-refractivity contribution is 6.07. The Kier molecular flexibility index (Phi) is 6.23. The van der Waals surface area contributed by atoms with Crippen LogP contribution < -0.4 is 5.43 Å². The normalized spacial score (nSPS) is 13.8. The zero-order valence-electron chi connectivity index (χ0n) is 16.2. The first kappa shape index (κ1) is 20.7. The van der Waals surface area contributed by atoms with Gasteiger partial charge in [0.25, 0.3) is 11.8 Å². The van der Waals surface area contributed by atoms with E-state index >= 15 is 0 Å². The van der Waals surface area contributed by atoms with Crippen molar-refractivity contribution in [1.29, 1.82) is 10.5 Å². The van der Waals surface area contributed by atoms with Gasteiger partial charge in [0.1, 0.15) is 24.7 Å². The molecule has 2 aromatic rings. The van der Waals surface area contributed by atoms with Crippen LogP contribution in [0.4, 0.5) is 4.39 Å². The summed E-state index contributed by atoms with van der Waals surface area (Å²) in [4.78, 5) is 26.1. The van der Waals surface area contributed by atoms with Crippen molar-refractivity contribution >= 4 is 17.5 Å². The van der Waals surface area contributed by atoms with Gasteiger partial charge in [0.2, 0.25) is 0 Å². The van der Waals surface area contributed by atoms with Gasteiger partial charge in [0.15, 0.2) is 5.76 Å². The van der Waals surface area contributed by atoms with Crippen molar-refractivity contribution in [1.82, 2.24) is 10.3 Å². The SMILES string of the molecule is Cc1c(C(=O)N(CC#N)CC#N)oc2c1/C(=N/NC(=O)c1ccccc1F)CCC2. The second-order valence-electron chi connectivity index (χ2n) is 6.66. The van der Waals surface area contributed by atoms with Crippen molar-refractivity contribution in [2.75, 3.05) is 13.1 Å². The number of nitriles is 2. The summed E-state index contributed by atoms with van der Waals surface area (Å²) < 4.78 is 19.5. The second-order valence-corrected chi connectivity index (χ2v) is 6.66. The molecule has 152 valence electrons. The molecule has 0 radical (unpaired) electrons. The molecule has 1 aromatic heterocycles. The third-order valence-electron chi connectivity index (χ3n) is 4.74. The highest BCUT2D eigenvalue weighted by atomic mass is 19.1. The molecule has 0 saturated carbocycles. The Labute approximate surface area is 172 Å². The number of hydrazone groups is 1. The average molecular weight is 407 g/mol. The molecular weight excluding hydrogens is 389 g/mol. The van der Waals surface area contributed by atoms with Crippen LogP contribution in [0, 0.1) is 35.4 Å². The van der Waals surface area contributed by atoms with Gasteiger partial charge < -0.3 is 9.32 Å². The summed E-state index contributed by atoms with van der Waals surface area (Å²) in [5, 5.41) is 22.0. The predicted octanol–water partition coefficient (Wildman–Crippen LogP) is 2.69. The number of hydrogen-bond acceptors (Lipinski definition) is 6. The van der Waals surface area contributed by atoms with Crippen molar-refractivity contribution in [3.63, 3.8) is 0 Å². The maximum atomic E-state index is 13.8. The Hall–Kier alpha value is -3.98. The summed E-state index contributed by atoms with van der Waals surface area (Å²) in [6.07, 6.45) is 1.82. The van der Waals surface area contributed by atoms with Gasteiger partial charge in [-0.25, -0.2) is 9.82 Å². The van der Waals surface area contributed by atoms with Gasteiger partial charge in [0, 0.05) is 17.5 Å². The van der Waals surface area contributed by atoms with Crippen molar-refractivity contribution in [2.45, 2.75) is 26.2 Å². The number of nitrogens with one attached hydrogen (secondary N) is 1. The third-order valence-corrected chi connectivity index (χ3v) is 4.74. The van der Waals surface area contributed by atoms with Gasteiger partial charge in [-0.05, 0) is 31.9 Å². The van der Waals surface area contributed by atoms with Crippen LogP contribution in [-0.4, -0.2) is 35.5 Å². The number of benzene rings is 1. The van der Waals surface area contributed by atoms with Gasteiger partial charge in [-0.1, -0.05) is 12.1 Å². The number of furan rings is 1. The Bertz CT molecular complexity index is 1090. The zero-order valence-corrected chi connectivity index (χ0v) is 16.2. The lowest BCUT2D eigenvalue weighted by Crippen LogP contribution is -2.32. The topological polar surface area (TPSA) is 122 Å². The fourth-order valence-electron chi connectivity index (χ4n) is 3.32. The van der Waals surface area contributed by atoms with E-state index in [4.69, 9.17) is 14.9 Å². The second kappa shape index (κ2) is 9.01. The molecule has 1 N–H and O–H groups in total. The summed E-state index contributed by atoms with van der Waals surface area (Å²) in [5.41, 5.74) is 3.90. The first-order valence-electron chi connectivity index (χ1n) is 9.25. The first-order valence-corrected chi connectivity index (χ1v) is 9.25. The number of aryl methyl sites for hydroxylation is 1. The van der Waals surface area contributed by atoms with Gasteiger partial charge in [0.05, 0.1) is 23.4 Å². The molecule has 0 atom stereocenters. The van der Waals surface area contributed by atoms with E-state index in [0.29, 0.717) is 41.9 Å². The molecule has 0 aliphatic heterocycles. The number of halogens is 1. The number of rotatable bonds is 5. The molecule has 1 heterocycles. The fraction of sp³-hybridized carbons (Fsp3) is 0.286. The molecule has 0 unspecified atom stereocenters. The van der Waals surface area contributed by atoms with Crippen LogP contribution in [0.25, 0.3) is 0 Å². The maximum Gasteiger partial charge on any atom is 0.291 e. The van der Waals surface area contributed by atoms with Crippen LogP contribution in [0.5, 0.6) is 0 Å². The fourth-order valence-corrected chi connectivity index (χ4v) is 3.32. The van der Waals surface area contributed by atoms with E-state index in [1.165, 1.54) is 18.2 Å². The quantitative estimate of drug-likeness (QED) is 0.603. The average Bonchev–Trinajstić information content (AvgIpc) is 3.09. The molecule has 8 nitrogen and oxygen atoms in total. The highest BCUT2D eigenvalue weighted by Crippen LogP contribution is 2.30. The molecular formula is C21H18FN5O3. The van der Waals surface area contributed by atoms with Crippen LogP contribution in [0.2, 0.25) is 0 Å². The van der Waals surface area contributed by atoms with E-state index in [1.54, 1.807) is 13.0 Å². The molecule has 1 aromatic carbocycles. The van der Waals surface area contributed by atoms with Crippen molar-refractivity contribution in [3.05, 3.63) is 58.3 Å². The molecule has 2 amide bonds. The van der Waals surface area contributed by atoms with E-state index in [-0.39, 0.29) is 24.4 Å². The summed E-state index contributed by atoms with van der Waals surface area (Å²) in [6, 6.07) is 9.30. The van der Waals surface area contributed by atoms with Gasteiger partial charge in [-0.15, -0.1) is 0 Å². The van der Waals surface area contributed by atoms with Crippen LogP contribution in [-0.2, 0) is 6.42 Å². The number of hydrogen-bond donors (Lipinski definition) is 1. The molecule has 0 spiro atoms. The van der Waals surface area contributed by atoms with Crippen LogP contribution in [0.3, 0.4) is 0 Å². The number of fused-ring (bicyclic) bond motifs is 1. The minimum atomic E-state index is -0.681. The summed E-state index contributed by atoms with van der Waals surface area (Å²) in [5.74, 6) is -1.29. The van der Waals surface area contributed by atoms with Gasteiger partial charge >= 0.3 is 0 Å². The van der Waals surface area contributed by atoms with Gasteiger partial charge in [-0.2, -0.15) is 15.6 Å². The molecule has 0 fully saturated rings. The summed E-state index contributed by atoms with van der Waals surface area (Å²) in [6.45, 7) is 1.21. The molecule has 0 saturated heterocycles. The number of carbonyl (C=O) groups is 2. The van der Waals surface area contributed by atoms with Crippen molar-refractivity contribution in [3.8, 4) is 12.1 Å². The van der Waals surface area contributed by atoms with Crippen LogP contribution in [0.15, 0.2) is 33.8 Å². The predicted molar refractivity (Wildman–Crippen MR) is 104 cm³/mol. The standard InChI is InChI=1S/C21H18FN5O3/c1-13-18-16(25-26-20(28)14-5-2-3-6-15(14)22)7-4-8-17(18)30-19(13)21(29)27(11-9-23)12-10-24/h2-3,5-6H,4,7-8,11-12H2,1H3,(H,26,28)/b25-16+. The molecule has 30 heavy (non-hydrogen) atoms. The largest absolute Gasteiger partial charge is 0.455 e. The van der Waals surface area contributed by atoms with Crippen LogP contribution in [0.1, 0.15) is 50.6 Å². The Morgan fingerprint density at radius 1 is 1.23 bits per heavy atom. The first-order chi connectivity index (χ1) is 14.5. The van der Waals surface area contributed by atoms with E-state index in [0.717, 1.165) is 4.90 Å². The minimum absolute atomic E-state index is 0.0422. The monoisotopic (exact) mass is 407 g/mol. The molecule has 1 aliphatic carbocycles. The molecule has 3 rings (SSSR count). The third kappa shape index (κ3) is 4.06. The van der Waals surface area contributed by atoms with Gasteiger partial charge in [-0.3, -0.25) is 9.59 Å². The smallest absolute Gasteiger partial charge is 0.291 e. The summed E-state index contributed by atoms with van der Waals surface area (Å²) >= 11 is 0. The Balaban J connectivity index is 1.89. The molecule has 1 aliphatic rings. The number of amides is 2. The molecule has 0 bridgehead atoms. The van der Waals surface area contributed by atoms with E-state index in [2.05, 4.69) is 10.5 Å². The van der Waals surface area contributed by atoms with Crippen molar-refractivity contribution in [2.24, 2.45) is 5.10 Å². The van der Waals surface area contributed by atoms with Crippen LogP contribution >= 0.6 is 0 Å². The summed E-state index contributed by atoms with van der Waals surface area (Å²) in [7, 11) is 0. The lowest BCUT2D eigenvalue weighted by molar-refractivity contribution is 0.0760. The van der Waals surface area contributed by atoms with E-state index in [9.17, 15) is 14.0 Å². The lowest BCUT2D eigenvalue weighted by Gasteiger charge is -2.14. The number of carbonyl (C=O) groups excluding carboxylic acids is 2.